The zero-order valence-corrected chi connectivity index (χ0v) is 23.5. The number of carbonyl (C=O) groups is 2. The van der Waals surface area contributed by atoms with Crippen LogP contribution in [-0.4, -0.2) is 35.0 Å². The molecule has 1 saturated heterocycles. The van der Waals surface area contributed by atoms with Crippen LogP contribution in [0.2, 0.25) is 10.0 Å². The molecule has 3 atom stereocenters. The van der Waals surface area contributed by atoms with Gasteiger partial charge in [-0.2, -0.15) is 0 Å². The van der Waals surface area contributed by atoms with Gasteiger partial charge in [0.05, 0.1) is 11.7 Å². The summed E-state index contributed by atoms with van der Waals surface area (Å²) in [4.78, 5) is 25.1. The molecule has 3 aromatic rings. The summed E-state index contributed by atoms with van der Waals surface area (Å²) in [6.07, 6.45) is 2.91. The lowest BCUT2D eigenvalue weighted by Gasteiger charge is -2.27. The molecule has 1 aliphatic rings. The molecule has 3 unspecified atom stereocenters. The van der Waals surface area contributed by atoms with Crippen LogP contribution in [0, 0.1) is 12.8 Å². The van der Waals surface area contributed by atoms with E-state index in [0.717, 1.165) is 41.8 Å². The lowest BCUT2D eigenvalue weighted by Crippen LogP contribution is -2.38. The molecule has 1 fully saturated rings. The molecule has 2 aromatic carbocycles. The van der Waals surface area contributed by atoms with Crippen LogP contribution in [0.4, 0.5) is 0 Å². The minimum absolute atomic E-state index is 0.0201. The zero-order valence-electron chi connectivity index (χ0n) is 22.0. The Labute approximate surface area is 229 Å². The van der Waals surface area contributed by atoms with E-state index in [1.807, 2.05) is 67.3 Å². The highest BCUT2D eigenvalue weighted by atomic mass is 35.5. The molecule has 1 aliphatic heterocycles. The van der Waals surface area contributed by atoms with Crippen LogP contribution in [0.15, 0.2) is 53.1 Å². The minimum Gasteiger partial charge on any atom is -0.360 e. The second kappa shape index (κ2) is 13.1. The summed E-state index contributed by atoms with van der Waals surface area (Å²) in [5.74, 6) is 0.905. The Kier molecular flexibility index (Phi) is 10.2. The molecule has 0 radical (unpaired) electrons. The number of likely N-dealkylation sites (tertiary alicyclic amines) is 1. The molecule has 198 valence electrons. The van der Waals surface area contributed by atoms with Crippen molar-refractivity contribution in [1.82, 2.24) is 15.4 Å². The van der Waals surface area contributed by atoms with Crippen molar-refractivity contribution in [3.8, 4) is 11.1 Å². The molecule has 0 spiro atoms. The first-order chi connectivity index (χ1) is 17.6. The number of aromatic nitrogens is 1. The van der Waals surface area contributed by atoms with Crippen LogP contribution in [0.3, 0.4) is 0 Å². The van der Waals surface area contributed by atoms with Gasteiger partial charge >= 0.3 is 0 Å². The van der Waals surface area contributed by atoms with Crippen molar-refractivity contribution in [3.63, 3.8) is 0 Å². The standard InChI is InChI=1S/C15H13Cl2NO.C14H22N2O2/c1-10(18-9-19)11-5-7-12(8-6-11)15-13(16)3-2-4-14(15)17;1-9(2)13(12-8-10(3)15-18-12)14(17)16-7-5-6-11(16)4/h2-10H,1H3,(H,18,19);8-9,11,13H,5-7H2,1-4H3. The van der Waals surface area contributed by atoms with E-state index >= 15 is 0 Å². The summed E-state index contributed by atoms with van der Waals surface area (Å²) in [6.45, 7) is 10.9. The summed E-state index contributed by atoms with van der Waals surface area (Å²) in [6, 6.07) is 15.5. The third-order valence-corrected chi connectivity index (χ3v) is 7.33. The lowest BCUT2D eigenvalue weighted by molar-refractivity contribution is -0.134. The summed E-state index contributed by atoms with van der Waals surface area (Å²) >= 11 is 12.3. The fourth-order valence-corrected chi connectivity index (χ4v) is 5.23. The maximum atomic E-state index is 12.6. The van der Waals surface area contributed by atoms with Gasteiger partial charge in [-0.25, -0.2) is 0 Å². The fourth-order valence-electron chi connectivity index (χ4n) is 4.61. The van der Waals surface area contributed by atoms with Gasteiger partial charge in [0.1, 0.15) is 11.7 Å². The summed E-state index contributed by atoms with van der Waals surface area (Å²) in [5.41, 5.74) is 3.64. The molecule has 0 bridgehead atoms. The average molecular weight is 545 g/mol. The lowest BCUT2D eigenvalue weighted by atomic mass is 9.91. The van der Waals surface area contributed by atoms with Gasteiger partial charge in [-0.1, -0.05) is 72.5 Å². The number of benzene rings is 2. The monoisotopic (exact) mass is 543 g/mol. The molecule has 0 saturated carbocycles. The quantitative estimate of drug-likeness (QED) is 0.319. The third kappa shape index (κ3) is 7.14. The number of amides is 2. The van der Waals surface area contributed by atoms with E-state index in [0.29, 0.717) is 28.3 Å². The average Bonchev–Trinajstić information content (AvgIpc) is 3.47. The first kappa shape index (κ1) is 28.7. The van der Waals surface area contributed by atoms with Crippen molar-refractivity contribution >= 4 is 35.5 Å². The van der Waals surface area contributed by atoms with Crippen LogP contribution < -0.4 is 5.32 Å². The number of hydrogen-bond donors (Lipinski definition) is 1. The van der Waals surface area contributed by atoms with E-state index in [1.165, 1.54) is 0 Å². The largest absolute Gasteiger partial charge is 0.360 e. The number of nitrogens with one attached hydrogen (secondary N) is 1. The van der Waals surface area contributed by atoms with Crippen molar-refractivity contribution in [2.24, 2.45) is 5.92 Å². The summed E-state index contributed by atoms with van der Waals surface area (Å²) < 4.78 is 5.31. The predicted octanol–water partition coefficient (Wildman–Crippen LogP) is 7.20. The molecule has 1 aromatic heterocycles. The number of aryl methyl sites for hydroxylation is 1. The Morgan fingerprint density at radius 2 is 1.78 bits per heavy atom. The SMILES string of the molecule is CC(NC=O)c1ccc(-c2c(Cl)cccc2Cl)cc1.Cc1cc(C(C(=O)N2CCCC2C)C(C)C)on1. The molecule has 4 rings (SSSR count). The highest BCUT2D eigenvalue weighted by Crippen LogP contribution is 2.35. The van der Waals surface area contributed by atoms with Gasteiger partial charge in [-0.3, -0.25) is 9.59 Å². The first-order valence-electron chi connectivity index (χ1n) is 12.6. The number of halogens is 2. The smallest absolute Gasteiger partial charge is 0.233 e. The molecule has 1 N–H and O–H groups in total. The van der Waals surface area contributed by atoms with Gasteiger partial charge in [0.2, 0.25) is 12.3 Å². The van der Waals surface area contributed by atoms with Crippen LogP contribution in [0.1, 0.15) is 69.5 Å². The Hall–Kier alpha value is -2.83. The van der Waals surface area contributed by atoms with Gasteiger partial charge in [0.15, 0.2) is 0 Å². The summed E-state index contributed by atoms with van der Waals surface area (Å²) in [5, 5.41) is 7.86. The predicted molar refractivity (Wildman–Crippen MR) is 149 cm³/mol. The maximum absolute atomic E-state index is 12.6. The van der Waals surface area contributed by atoms with Gasteiger partial charge in [-0.15, -0.1) is 0 Å². The van der Waals surface area contributed by atoms with Crippen LogP contribution in [0.25, 0.3) is 11.1 Å². The van der Waals surface area contributed by atoms with E-state index in [2.05, 4.69) is 31.2 Å². The normalized spacial score (nSPS) is 16.6. The third-order valence-electron chi connectivity index (χ3n) is 6.70. The van der Waals surface area contributed by atoms with E-state index in [4.69, 9.17) is 27.7 Å². The topological polar surface area (TPSA) is 75.4 Å². The van der Waals surface area contributed by atoms with Crippen LogP contribution >= 0.6 is 23.2 Å². The van der Waals surface area contributed by atoms with Crippen molar-refractivity contribution in [2.45, 2.75) is 65.5 Å². The van der Waals surface area contributed by atoms with Gasteiger partial charge < -0.3 is 14.7 Å². The van der Waals surface area contributed by atoms with Crippen molar-refractivity contribution in [3.05, 3.63) is 75.6 Å². The highest BCUT2D eigenvalue weighted by Gasteiger charge is 2.35. The van der Waals surface area contributed by atoms with Crippen molar-refractivity contribution < 1.29 is 14.1 Å². The van der Waals surface area contributed by atoms with E-state index in [9.17, 15) is 9.59 Å². The van der Waals surface area contributed by atoms with Gasteiger partial charge in [0.25, 0.3) is 0 Å². The molecule has 0 aliphatic carbocycles. The zero-order chi connectivity index (χ0) is 27.1. The molecule has 2 amide bonds. The Balaban J connectivity index is 0.000000206. The van der Waals surface area contributed by atoms with E-state index in [1.54, 1.807) is 0 Å². The molecule has 37 heavy (non-hydrogen) atoms. The minimum atomic E-state index is -0.202. The summed E-state index contributed by atoms with van der Waals surface area (Å²) in [7, 11) is 0. The maximum Gasteiger partial charge on any atom is 0.233 e. The van der Waals surface area contributed by atoms with E-state index < -0.39 is 0 Å². The van der Waals surface area contributed by atoms with Crippen LogP contribution in [0.5, 0.6) is 0 Å². The first-order valence-corrected chi connectivity index (χ1v) is 13.4. The molecule has 6 nitrogen and oxygen atoms in total. The second-order valence-electron chi connectivity index (χ2n) is 9.84. The molecule has 2 heterocycles. The number of hydrogen-bond acceptors (Lipinski definition) is 4. The molecular formula is C29H35Cl2N3O3. The second-order valence-corrected chi connectivity index (χ2v) is 10.7. The molecule has 8 heteroatoms. The number of rotatable bonds is 7. The van der Waals surface area contributed by atoms with Gasteiger partial charge in [0, 0.05) is 34.3 Å². The highest BCUT2D eigenvalue weighted by molar-refractivity contribution is 6.39. The van der Waals surface area contributed by atoms with Crippen molar-refractivity contribution in [2.75, 3.05) is 6.54 Å². The number of carbonyl (C=O) groups excluding carboxylic acids is 2. The number of nitrogens with zero attached hydrogens (tertiary/aromatic N) is 2. The van der Waals surface area contributed by atoms with Crippen LogP contribution in [-0.2, 0) is 9.59 Å². The van der Waals surface area contributed by atoms with Crippen molar-refractivity contribution in [1.29, 1.82) is 0 Å². The Morgan fingerprint density at radius 3 is 2.27 bits per heavy atom. The van der Waals surface area contributed by atoms with E-state index in [-0.39, 0.29) is 23.8 Å². The Bertz CT molecular complexity index is 1170. The van der Waals surface area contributed by atoms with Gasteiger partial charge in [-0.05, 0) is 62.8 Å². The fraction of sp³-hybridized carbons (Fsp3) is 0.414. The Morgan fingerprint density at radius 1 is 1.14 bits per heavy atom. The molecular weight excluding hydrogens is 509 g/mol.